The van der Waals surface area contributed by atoms with Crippen LogP contribution in [-0.4, -0.2) is 43.4 Å². The van der Waals surface area contributed by atoms with Crippen molar-refractivity contribution in [2.75, 3.05) is 37.7 Å². The van der Waals surface area contributed by atoms with E-state index in [0.717, 1.165) is 25.2 Å². The molecule has 0 unspecified atom stereocenters. The van der Waals surface area contributed by atoms with Gasteiger partial charge < -0.3 is 19.8 Å². The minimum absolute atomic E-state index is 0.361. The van der Waals surface area contributed by atoms with E-state index in [4.69, 9.17) is 15.3 Å². The highest BCUT2D eigenvalue weighted by Crippen LogP contribution is 2.33. The fourth-order valence-corrected chi connectivity index (χ4v) is 2.24. The number of nitrogens with two attached hydrogens (primary N) is 1. The maximum Gasteiger partial charge on any atom is 0.205 e. The van der Waals surface area contributed by atoms with Crippen LogP contribution in [0.2, 0.25) is 0 Å². The highest BCUT2D eigenvalue weighted by atomic mass is 16.5. The topological polar surface area (TPSA) is 85.5 Å². The summed E-state index contributed by atoms with van der Waals surface area (Å²) < 4.78 is 10.6. The lowest BCUT2D eigenvalue weighted by Gasteiger charge is -2.32. The first-order valence-corrected chi connectivity index (χ1v) is 6.84. The van der Waals surface area contributed by atoms with Crippen LogP contribution in [0.1, 0.15) is 26.7 Å². The van der Waals surface area contributed by atoms with Gasteiger partial charge in [0.25, 0.3) is 0 Å². The van der Waals surface area contributed by atoms with Crippen molar-refractivity contribution in [3.05, 3.63) is 6.33 Å². The monoisotopic (exact) mass is 283 g/mol. The molecule has 0 saturated heterocycles. The molecular formula is C13H25N5O2. The molecule has 0 saturated carbocycles. The lowest BCUT2D eigenvalue weighted by atomic mass is 10.1. The van der Waals surface area contributed by atoms with Crippen molar-refractivity contribution in [1.82, 2.24) is 9.97 Å². The van der Waals surface area contributed by atoms with Crippen LogP contribution < -0.4 is 20.9 Å². The van der Waals surface area contributed by atoms with E-state index >= 15 is 0 Å². The summed E-state index contributed by atoms with van der Waals surface area (Å²) in [4.78, 5) is 10.6. The van der Waals surface area contributed by atoms with Crippen molar-refractivity contribution in [3.63, 3.8) is 0 Å². The van der Waals surface area contributed by atoms with Crippen LogP contribution in [0.4, 0.5) is 11.6 Å². The Kier molecular flexibility index (Phi) is 7.03. The van der Waals surface area contributed by atoms with Crippen molar-refractivity contribution in [2.45, 2.75) is 32.7 Å². The summed E-state index contributed by atoms with van der Waals surface area (Å²) in [5.74, 6) is 7.24. The number of hydrazine groups is 1. The third-order valence-corrected chi connectivity index (χ3v) is 3.32. The highest BCUT2D eigenvalue weighted by molar-refractivity contribution is 5.64. The number of aromatic nitrogens is 2. The number of nitrogens with one attached hydrogen (secondary N) is 1. The van der Waals surface area contributed by atoms with E-state index in [2.05, 4.69) is 34.1 Å². The standard InChI is InChI=1S/C13H25N5O2/c1-5-10(6-2)18(7-8-19-3)13-11(20-4)12(17-14)15-9-16-13/h9-10H,5-8,14H2,1-4H3,(H,15,16,17). The minimum atomic E-state index is 0.361. The summed E-state index contributed by atoms with van der Waals surface area (Å²) in [7, 11) is 3.28. The van der Waals surface area contributed by atoms with Crippen LogP contribution in [0, 0.1) is 0 Å². The molecule has 1 rings (SSSR count). The maximum absolute atomic E-state index is 5.47. The summed E-state index contributed by atoms with van der Waals surface area (Å²) >= 11 is 0. The Morgan fingerprint density at radius 3 is 2.50 bits per heavy atom. The molecule has 3 N–H and O–H groups in total. The molecule has 114 valence electrons. The first-order chi connectivity index (χ1) is 9.73. The van der Waals surface area contributed by atoms with Crippen LogP contribution in [0.15, 0.2) is 6.33 Å². The number of rotatable bonds is 9. The number of nitrogens with zero attached hydrogens (tertiary/aromatic N) is 3. The molecule has 0 aliphatic rings. The van der Waals surface area contributed by atoms with Crippen LogP contribution in [-0.2, 0) is 4.74 Å². The third kappa shape index (κ3) is 3.71. The summed E-state index contributed by atoms with van der Waals surface area (Å²) in [6.07, 6.45) is 3.51. The second kappa shape index (κ2) is 8.55. The predicted octanol–water partition coefficient (Wildman–Crippen LogP) is 1.41. The molecule has 0 aliphatic heterocycles. The number of methoxy groups -OCH3 is 2. The van der Waals surface area contributed by atoms with Gasteiger partial charge in [-0.2, -0.15) is 0 Å². The predicted molar refractivity (Wildman–Crippen MR) is 80.0 cm³/mol. The lowest BCUT2D eigenvalue weighted by Crippen LogP contribution is -2.38. The van der Waals surface area contributed by atoms with Gasteiger partial charge in [0.1, 0.15) is 6.33 Å². The van der Waals surface area contributed by atoms with Crippen molar-refractivity contribution in [1.29, 1.82) is 0 Å². The molecule has 0 amide bonds. The van der Waals surface area contributed by atoms with Gasteiger partial charge >= 0.3 is 0 Å². The van der Waals surface area contributed by atoms with E-state index in [9.17, 15) is 0 Å². The molecule has 1 aromatic rings. The molecule has 0 spiro atoms. The smallest absolute Gasteiger partial charge is 0.205 e. The molecule has 7 nitrogen and oxygen atoms in total. The Hall–Kier alpha value is -1.60. The quantitative estimate of drug-likeness (QED) is 0.523. The average molecular weight is 283 g/mol. The van der Waals surface area contributed by atoms with Gasteiger partial charge in [0.2, 0.25) is 5.75 Å². The molecule has 20 heavy (non-hydrogen) atoms. The van der Waals surface area contributed by atoms with Gasteiger partial charge in [-0.15, -0.1) is 0 Å². The first kappa shape index (κ1) is 16.5. The fourth-order valence-electron chi connectivity index (χ4n) is 2.24. The second-order valence-corrected chi connectivity index (χ2v) is 4.38. The Bertz CT molecular complexity index is 398. The van der Waals surface area contributed by atoms with Crippen molar-refractivity contribution < 1.29 is 9.47 Å². The molecule has 7 heteroatoms. The van der Waals surface area contributed by atoms with Crippen molar-refractivity contribution in [2.24, 2.45) is 5.84 Å². The van der Waals surface area contributed by atoms with E-state index in [1.165, 1.54) is 6.33 Å². The van der Waals surface area contributed by atoms with E-state index in [1.807, 2.05) is 0 Å². The van der Waals surface area contributed by atoms with Gasteiger partial charge in [0, 0.05) is 19.7 Å². The lowest BCUT2D eigenvalue weighted by molar-refractivity contribution is 0.202. The summed E-state index contributed by atoms with van der Waals surface area (Å²) in [5.41, 5.74) is 2.54. The minimum Gasteiger partial charge on any atom is -0.490 e. The maximum atomic E-state index is 5.47. The highest BCUT2D eigenvalue weighted by Gasteiger charge is 2.22. The van der Waals surface area contributed by atoms with Crippen LogP contribution in [0.3, 0.4) is 0 Å². The Labute approximate surface area is 120 Å². The summed E-state index contributed by atoms with van der Waals surface area (Å²) in [6.45, 7) is 5.67. The van der Waals surface area contributed by atoms with Gasteiger partial charge in [0.05, 0.1) is 13.7 Å². The van der Waals surface area contributed by atoms with Crippen LogP contribution in [0.5, 0.6) is 5.75 Å². The number of ether oxygens (including phenoxy) is 2. The zero-order chi connectivity index (χ0) is 15.0. The average Bonchev–Trinajstić information content (AvgIpc) is 2.50. The van der Waals surface area contributed by atoms with Crippen molar-refractivity contribution >= 4 is 11.6 Å². The molecule has 0 aliphatic carbocycles. The van der Waals surface area contributed by atoms with E-state index in [-0.39, 0.29) is 0 Å². The molecule has 0 fully saturated rings. The Morgan fingerprint density at radius 1 is 1.30 bits per heavy atom. The van der Waals surface area contributed by atoms with Gasteiger partial charge in [-0.3, -0.25) is 0 Å². The van der Waals surface area contributed by atoms with Gasteiger partial charge in [-0.1, -0.05) is 13.8 Å². The summed E-state index contributed by atoms with van der Waals surface area (Å²) in [6, 6.07) is 0.361. The largest absolute Gasteiger partial charge is 0.490 e. The van der Waals surface area contributed by atoms with Crippen LogP contribution in [0.25, 0.3) is 0 Å². The molecule has 0 radical (unpaired) electrons. The molecule has 0 aromatic carbocycles. The summed E-state index contributed by atoms with van der Waals surface area (Å²) in [5, 5.41) is 0. The molecule has 0 bridgehead atoms. The fraction of sp³-hybridized carbons (Fsp3) is 0.692. The zero-order valence-corrected chi connectivity index (χ0v) is 12.7. The van der Waals surface area contributed by atoms with Crippen molar-refractivity contribution in [3.8, 4) is 5.75 Å². The third-order valence-electron chi connectivity index (χ3n) is 3.32. The van der Waals surface area contributed by atoms with Gasteiger partial charge in [0.15, 0.2) is 11.6 Å². The number of nitrogen functional groups attached to an aromatic ring is 1. The zero-order valence-electron chi connectivity index (χ0n) is 12.7. The van der Waals surface area contributed by atoms with Gasteiger partial charge in [-0.25, -0.2) is 15.8 Å². The Balaban J connectivity index is 3.17. The van der Waals surface area contributed by atoms with E-state index in [1.54, 1.807) is 14.2 Å². The molecular weight excluding hydrogens is 258 g/mol. The van der Waals surface area contributed by atoms with Crippen LogP contribution >= 0.6 is 0 Å². The normalized spacial score (nSPS) is 10.7. The molecule has 1 heterocycles. The SMILES string of the molecule is CCC(CC)N(CCOC)c1ncnc(NN)c1OC. The number of hydrogen-bond acceptors (Lipinski definition) is 7. The molecule has 0 atom stereocenters. The first-order valence-electron chi connectivity index (χ1n) is 6.84. The van der Waals surface area contributed by atoms with Gasteiger partial charge in [-0.05, 0) is 12.8 Å². The molecule has 1 aromatic heterocycles. The Morgan fingerprint density at radius 2 is 2.00 bits per heavy atom. The number of anilines is 2. The van der Waals surface area contributed by atoms with E-state index < -0.39 is 0 Å². The van der Waals surface area contributed by atoms with E-state index in [0.29, 0.717) is 24.2 Å². The second-order valence-electron chi connectivity index (χ2n) is 4.38. The number of hydrogen-bond donors (Lipinski definition) is 2.